The monoisotopic (exact) mass is 418 g/mol. The summed E-state index contributed by atoms with van der Waals surface area (Å²) in [4.78, 5) is 18.1. The molecule has 0 saturated carbocycles. The maximum absolute atomic E-state index is 12.9. The van der Waals surface area contributed by atoms with E-state index in [0.29, 0.717) is 4.90 Å². The second kappa shape index (κ2) is 9.02. The van der Waals surface area contributed by atoms with Gasteiger partial charge in [-0.05, 0) is 30.0 Å². The number of pyridine rings is 1. The van der Waals surface area contributed by atoms with Gasteiger partial charge in [-0.3, -0.25) is 9.78 Å². The number of azide groups is 1. The van der Waals surface area contributed by atoms with Gasteiger partial charge in [-0.25, -0.2) is 0 Å². The first-order chi connectivity index (χ1) is 13.0. The molecule has 11 heteroatoms. The molecule has 1 fully saturated rings. The van der Waals surface area contributed by atoms with Gasteiger partial charge in [0, 0.05) is 34.9 Å². The number of nitrogens with zero attached hydrogens (tertiary/aromatic N) is 4. The van der Waals surface area contributed by atoms with E-state index in [4.69, 9.17) is 15.0 Å². The van der Waals surface area contributed by atoms with E-state index in [9.17, 15) is 18.0 Å². The number of ether oxygens (including phenoxy) is 2. The molecule has 2 unspecified atom stereocenters. The van der Waals surface area contributed by atoms with Gasteiger partial charge in [0.25, 0.3) is 0 Å². The molecular formula is C17H21F3N4O3S. The van der Waals surface area contributed by atoms with E-state index >= 15 is 0 Å². The van der Waals surface area contributed by atoms with Crippen LogP contribution in [0.1, 0.15) is 32.0 Å². The predicted molar refractivity (Wildman–Crippen MR) is 96.4 cm³/mol. The van der Waals surface area contributed by atoms with E-state index in [1.165, 1.54) is 31.7 Å². The van der Waals surface area contributed by atoms with E-state index in [2.05, 4.69) is 15.0 Å². The van der Waals surface area contributed by atoms with Gasteiger partial charge < -0.3 is 9.47 Å². The smallest absolute Gasteiger partial charge is 0.433 e. The summed E-state index contributed by atoms with van der Waals surface area (Å²) in [6, 6.07) is 0.985. The second-order valence-corrected chi connectivity index (χ2v) is 7.88. The normalized spacial score (nSPS) is 27.8. The minimum Gasteiger partial charge on any atom is -0.463 e. The lowest BCUT2D eigenvalue weighted by molar-refractivity contribution is -0.153. The predicted octanol–water partition coefficient (Wildman–Crippen LogP) is 4.74. The highest BCUT2D eigenvalue weighted by atomic mass is 32.2. The zero-order valence-corrected chi connectivity index (χ0v) is 16.6. The molecule has 2 rings (SSSR count). The zero-order valence-electron chi connectivity index (χ0n) is 15.8. The van der Waals surface area contributed by atoms with Crippen molar-refractivity contribution in [2.45, 2.75) is 56.3 Å². The van der Waals surface area contributed by atoms with Crippen molar-refractivity contribution >= 4 is 17.7 Å². The standard InChI is InChI=1S/C17H21F3N4O3S/c1-8-5-12(6-22-15(8)17(18,19)20)28-16-10(3)14(23-24-21)9(2)13(27-16)7-26-11(4)25/h5-6,9-10,13-14,16H,7H2,1-4H3/t9-,10?,13?,14-,16+/m0/s1. The maximum Gasteiger partial charge on any atom is 0.433 e. The second-order valence-electron chi connectivity index (χ2n) is 6.71. The molecule has 1 aliphatic heterocycles. The highest BCUT2D eigenvalue weighted by Crippen LogP contribution is 2.41. The first-order valence-electron chi connectivity index (χ1n) is 8.58. The van der Waals surface area contributed by atoms with Crippen LogP contribution in [0, 0.1) is 18.8 Å². The highest BCUT2D eigenvalue weighted by Gasteiger charge is 2.42. The van der Waals surface area contributed by atoms with Gasteiger partial charge in [-0.15, -0.1) is 0 Å². The summed E-state index contributed by atoms with van der Waals surface area (Å²) in [6.07, 6.45) is -3.87. The number of hydrogen-bond donors (Lipinski definition) is 0. The number of aryl methyl sites for hydroxylation is 1. The van der Waals surface area contributed by atoms with Gasteiger partial charge in [0.2, 0.25) is 0 Å². The van der Waals surface area contributed by atoms with Crippen LogP contribution in [0.2, 0.25) is 0 Å². The Morgan fingerprint density at radius 1 is 1.43 bits per heavy atom. The first kappa shape index (κ1) is 22.3. The van der Waals surface area contributed by atoms with E-state index in [1.807, 2.05) is 13.8 Å². The van der Waals surface area contributed by atoms with Crippen molar-refractivity contribution in [1.82, 2.24) is 4.98 Å². The van der Waals surface area contributed by atoms with Crippen molar-refractivity contribution in [3.8, 4) is 0 Å². The summed E-state index contributed by atoms with van der Waals surface area (Å²) in [5, 5.41) is 3.86. The molecule has 0 bridgehead atoms. The van der Waals surface area contributed by atoms with Gasteiger partial charge in [-0.1, -0.05) is 30.7 Å². The van der Waals surface area contributed by atoms with Crippen LogP contribution in [-0.4, -0.2) is 35.1 Å². The number of alkyl halides is 3. The number of carbonyl (C=O) groups excluding carboxylic acids is 1. The van der Waals surface area contributed by atoms with Crippen molar-refractivity contribution in [3.63, 3.8) is 0 Å². The minimum absolute atomic E-state index is 0.00200. The van der Waals surface area contributed by atoms with E-state index < -0.39 is 35.4 Å². The zero-order chi connectivity index (χ0) is 21.1. The van der Waals surface area contributed by atoms with Crippen LogP contribution >= 0.6 is 11.8 Å². The van der Waals surface area contributed by atoms with Gasteiger partial charge in [0.1, 0.15) is 17.7 Å². The summed E-state index contributed by atoms with van der Waals surface area (Å²) in [6.45, 7) is 6.32. The van der Waals surface area contributed by atoms with Crippen LogP contribution in [0.15, 0.2) is 22.3 Å². The van der Waals surface area contributed by atoms with Crippen LogP contribution in [-0.2, 0) is 20.4 Å². The van der Waals surface area contributed by atoms with Crippen LogP contribution in [0.3, 0.4) is 0 Å². The molecule has 154 valence electrons. The number of esters is 1. The highest BCUT2D eigenvalue weighted by molar-refractivity contribution is 7.99. The average Bonchev–Trinajstić information content (AvgIpc) is 2.58. The number of hydrogen-bond acceptors (Lipinski definition) is 6. The lowest BCUT2D eigenvalue weighted by Gasteiger charge is -2.42. The number of halogens is 3. The molecule has 0 N–H and O–H groups in total. The Morgan fingerprint density at radius 3 is 2.64 bits per heavy atom. The molecule has 1 aliphatic rings. The van der Waals surface area contributed by atoms with Crippen LogP contribution < -0.4 is 0 Å². The number of carbonyl (C=O) groups is 1. The largest absolute Gasteiger partial charge is 0.463 e. The molecule has 0 radical (unpaired) electrons. The molecule has 0 amide bonds. The van der Waals surface area contributed by atoms with E-state index in [0.717, 1.165) is 6.20 Å². The minimum atomic E-state index is -4.51. The van der Waals surface area contributed by atoms with Gasteiger partial charge >= 0.3 is 12.1 Å². The molecule has 28 heavy (non-hydrogen) atoms. The van der Waals surface area contributed by atoms with Crippen molar-refractivity contribution in [2.75, 3.05) is 6.61 Å². The number of aromatic nitrogens is 1. The third kappa shape index (κ3) is 5.30. The summed E-state index contributed by atoms with van der Waals surface area (Å²) < 4.78 is 49.8. The Labute approximate surface area is 164 Å². The van der Waals surface area contributed by atoms with Crippen LogP contribution in [0.5, 0.6) is 0 Å². The average molecular weight is 418 g/mol. The fourth-order valence-corrected chi connectivity index (χ4v) is 4.32. The van der Waals surface area contributed by atoms with Gasteiger partial charge in [-0.2, -0.15) is 13.2 Å². The quantitative estimate of drug-likeness (QED) is 0.298. The van der Waals surface area contributed by atoms with Crippen LogP contribution in [0.25, 0.3) is 10.4 Å². The molecule has 5 atom stereocenters. The maximum atomic E-state index is 12.9. The van der Waals surface area contributed by atoms with Crippen molar-refractivity contribution in [3.05, 3.63) is 34.0 Å². The fraction of sp³-hybridized carbons (Fsp3) is 0.647. The molecule has 1 aromatic heterocycles. The van der Waals surface area contributed by atoms with Crippen molar-refractivity contribution in [1.29, 1.82) is 0 Å². The Hall–Kier alpha value is -1.97. The fourth-order valence-electron chi connectivity index (χ4n) is 3.12. The molecule has 1 aromatic rings. The summed E-state index contributed by atoms with van der Waals surface area (Å²) >= 11 is 1.20. The van der Waals surface area contributed by atoms with Crippen molar-refractivity contribution < 1.29 is 27.4 Å². The Morgan fingerprint density at radius 2 is 2.11 bits per heavy atom. The topological polar surface area (TPSA) is 97.2 Å². The summed E-state index contributed by atoms with van der Waals surface area (Å²) in [7, 11) is 0. The summed E-state index contributed by atoms with van der Waals surface area (Å²) in [5.41, 5.74) is 7.46. The molecule has 0 aliphatic carbocycles. The lowest BCUT2D eigenvalue weighted by atomic mass is 9.85. The Kier molecular flexibility index (Phi) is 7.19. The van der Waals surface area contributed by atoms with Crippen LogP contribution in [0.4, 0.5) is 13.2 Å². The number of rotatable bonds is 5. The molecule has 1 saturated heterocycles. The molecule has 0 spiro atoms. The molecule has 7 nitrogen and oxygen atoms in total. The van der Waals surface area contributed by atoms with Gasteiger partial charge in [0.15, 0.2) is 0 Å². The molecule has 0 aromatic carbocycles. The van der Waals surface area contributed by atoms with E-state index in [1.54, 1.807) is 0 Å². The third-order valence-corrected chi connectivity index (χ3v) is 5.88. The Bertz CT molecular complexity index is 771. The van der Waals surface area contributed by atoms with Crippen molar-refractivity contribution in [2.24, 2.45) is 17.0 Å². The third-order valence-electron chi connectivity index (χ3n) is 4.61. The molecular weight excluding hydrogens is 397 g/mol. The number of thioether (sulfide) groups is 1. The SMILES string of the molecule is CC(=O)OCC1O[C@H](Sc2cnc(C(F)(F)F)c(C)c2)C(C)[C@@H](N=[N+]=[N-])[C@H]1C. The van der Waals surface area contributed by atoms with E-state index in [-0.39, 0.29) is 24.0 Å². The summed E-state index contributed by atoms with van der Waals surface area (Å²) in [5.74, 6) is -0.872. The molecule has 2 heterocycles. The Balaban J connectivity index is 2.23. The lowest BCUT2D eigenvalue weighted by Crippen LogP contribution is -2.48. The first-order valence-corrected chi connectivity index (χ1v) is 9.46. The van der Waals surface area contributed by atoms with Gasteiger partial charge in [0.05, 0.1) is 6.10 Å².